The molecule has 3 unspecified atom stereocenters. The van der Waals surface area contributed by atoms with E-state index in [-0.39, 0.29) is 12.0 Å². The summed E-state index contributed by atoms with van der Waals surface area (Å²) in [6, 6.07) is 1.01. The Morgan fingerprint density at radius 1 is 1.37 bits per heavy atom. The molecule has 108 valence electrons. The molecule has 3 heterocycles. The topological polar surface area (TPSA) is 67.6 Å². The third kappa shape index (κ3) is 2.39. The molecule has 0 aromatic heterocycles. The lowest BCUT2D eigenvalue weighted by Gasteiger charge is -2.44. The van der Waals surface area contributed by atoms with E-state index in [2.05, 4.69) is 17.3 Å². The van der Waals surface area contributed by atoms with E-state index in [4.69, 9.17) is 10.5 Å². The van der Waals surface area contributed by atoms with Crippen molar-refractivity contribution in [3.8, 4) is 0 Å². The van der Waals surface area contributed by atoms with Crippen molar-refractivity contribution < 1.29 is 9.53 Å². The Balaban J connectivity index is 1.68. The van der Waals surface area contributed by atoms with Crippen LogP contribution in [-0.4, -0.2) is 54.7 Å². The average Bonchev–Trinajstić information content (AvgIpc) is 2.95. The van der Waals surface area contributed by atoms with E-state index in [1.54, 1.807) is 0 Å². The highest BCUT2D eigenvalue weighted by Crippen LogP contribution is 2.39. The summed E-state index contributed by atoms with van der Waals surface area (Å²) in [5, 5.41) is 3.47. The van der Waals surface area contributed by atoms with Crippen LogP contribution in [0.2, 0.25) is 0 Å². The van der Waals surface area contributed by atoms with Crippen molar-refractivity contribution in [2.24, 2.45) is 5.73 Å². The third-order valence-corrected chi connectivity index (χ3v) is 5.32. The molecule has 0 aromatic carbocycles. The van der Waals surface area contributed by atoms with Gasteiger partial charge in [-0.3, -0.25) is 4.79 Å². The average molecular weight is 267 g/mol. The van der Waals surface area contributed by atoms with Gasteiger partial charge in [-0.1, -0.05) is 0 Å². The smallest absolute Gasteiger partial charge is 0.237 e. The first-order valence-electron chi connectivity index (χ1n) is 7.49. The molecule has 1 amide bonds. The van der Waals surface area contributed by atoms with Crippen LogP contribution in [0.4, 0.5) is 0 Å². The van der Waals surface area contributed by atoms with Gasteiger partial charge in [0.05, 0.1) is 6.10 Å². The molecular formula is C14H25N3O2. The zero-order valence-electron chi connectivity index (χ0n) is 11.7. The minimum absolute atomic E-state index is 0.185. The van der Waals surface area contributed by atoms with E-state index < -0.39 is 5.54 Å². The highest BCUT2D eigenvalue weighted by atomic mass is 16.5. The van der Waals surface area contributed by atoms with Gasteiger partial charge in [-0.05, 0) is 45.6 Å². The number of carbonyl (C=O) groups excluding carboxylic acids is 1. The van der Waals surface area contributed by atoms with Gasteiger partial charge in [0.1, 0.15) is 5.54 Å². The summed E-state index contributed by atoms with van der Waals surface area (Å²) in [6.07, 6.45) is 6.56. The number of primary amides is 1. The number of hydrogen-bond acceptors (Lipinski definition) is 4. The fourth-order valence-corrected chi connectivity index (χ4v) is 4.02. The number of amides is 1. The molecule has 3 aliphatic rings. The zero-order valence-corrected chi connectivity index (χ0v) is 11.7. The summed E-state index contributed by atoms with van der Waals surface area (Å²) in [4.78, 5) is 14.4. The van der Waals surface area contributed by atoms with Crippen LogP contribution in [0.1, 0.15) is 38.5 Å². The summed E-state index contributed by atoms with van der Waals surface area (Å²) < 4.78 is 5.63. The maximum atomic E-state index is 12.0. The number of nitrogens with one attached hydrogen (secondary N) is 1. The van der Waals surface area contributed by atoms with E-state index in [0.717, 1.165) is 38.8 Å². The second-order valence-corrected chi connectivity index (χ2v) is 6.42. The second kappa shape index (κ2) is 5.04. The Labute approximate surface area is 114 Å². The number of fused-ring (bicyclic) bond motifs is 2. The van der Waals surface area contributed by atoms with Crippen molar-refractivity contribution in [3.63, 3.8) is 0 Å². The maximum absolute atomic E-state index is 12.0. The van der Waals surface area contributed by atoms with Crippen LogP contribution in [-0.2, 0) is 9.53 Å². The minimum Gasteiger partial charge on any atom is -0.377 e. The van der Waals surface area contributed by atoms with Crippen molar-refractivity contribution in [3.05, 3.63) is 0 Å². The summed E-state index contributed by atoms with van der Waals surface area (Å²) in [7, 11) is 2.17. The molecule has 0 spiro atoms. The molecular weight excluding hydrogens is 242 g/mol. The molecule has 3 atom stereocenters. The molecule has 3 N–H and O–H groups in total. The van der Waals surface area contributed by atoms with E-state index in [1.807, 2.05) is 0 Å². The van der Waals surface area contributed by atoms with E-state index >= 15 is 0 Å². The van der Waals surface area contributed by atoms with Crippen LogP contribution in [0, 0.1) is 0 Å². The van der Waals surface area contributed by atoms with Gasteiger partial charge < -0.3 is 20.7 Å². The Hall–Kier alpha value is -0.650. The highest BCUT2D eigenvalue weighted by molar-refractivity contribution is 5.85. The van der Waals surface area contributed by atoms with Gasteiger partial charge >= 0.3 is 0 Å². The Morgan fingerprint density at radius 2 is 2.05 bits per heavy atom. The van der Waals surface area contributed by atoms with Crippen LogP contribution in [0.3, 0.4) is 0 Å². The summed E-state index contributed by atoms with van der Waals surface area (Å²) >= 11 is 0. The van der Waals surface area contributed by atoms with Crippen molar-refractivity contribution in [1.82, 2.24) is 10.2 Å². The van der Waals surface area contributed by atoms with Crippen LogP contribution >= 0.6 is 0 Å². The highest BCUT2D eigenvalue weighted by Gasteiger charge is 2.50. The van der Waals surface area contributed by atoms with Crippen LogP contribution in [0.15, 0.2) is 0 Å². The second-order valence-electron chi connectivity index (χ2n) is 6.42. The number of rotatable bonds is 4. The van der Waals surface area contributed by atoms with Gasteiger partial charge in [0, 0.05) is 25.2 Å². The minimum atomic E-state index is -0.510. The predicted molar refractivity (Wildman–Crippen MR) is 72.7 cm³/mol. The summed E-state index contributed by atoms with van der Waals surface area (Å²) in [6.45, 7) is 1.61. The van der Waals surface area contributed by atoms with Gasteiger partial charge in [0.2, 0.25) is 5.91 Å². The molecule has 3 saturated heterocycles. The number of hydrogen-bond donors (Lipinski definition) is 2. The zero-order chi connectivity index (χ0) is 13.5. The molecule has 3 aliphatic heterocycles. The lowest BCUT2D eigenvalue weighted by molar-refractivity contribution is -0.127. The molecule has 2 bridgehead atoms. The number of piperidine rings is 1. The first-order chi connectivity index (χ1) is 9.11. The summed E-state index contributed by atoms with van der Waals surface area (Å²) in [5.74, 6) is -0.185. The Bertz CT molecular complexity index is 341. The van der Waals surface area contributed by atoms with Gasteiger partial charge in [-0.2, -0.15) is 0 Å². The largest absolute Gasteiger partial charge is 0.377 e. The van der Waals surface area contributed by atoms with Gasteiger partial charge in [0.25, 0.3) is 0 Å². The number of ether oxygens (including phenoxy) is 1. The van der Waals surface area contributed by atoms with Crippen LogP contribution in [0.5, 0.6) is 0 Å². The first kappa shape index (κ1) is 13.3. The van der Waals surface area contributed by atoms with Crippen molar-refractivity contribution >= 4 is 5.91 Å². The fraction of sp³-hybridized carbons (Fsp3) is 0.929. The van der Waals surface area contributed by atoms with Gasteiger partial charge in [-0.15, -0.1) is 0 Å². The Morgan fingerprint density at radius 3 is 2.58 bits per heavy atom. The molecule has 19 heavy (non-hydrogen) atoms. The fourth-order valence-electron chi connectivity index (χ4n) is 4.02. The van der Waals surface area contributed by atoms with Crippen molar-refractivity contribution in [1.29, 1.82) is 0 Å². The molecule has 0 saturated carbocycles. The van der Waals surface area contributed by atoms with Crippen LogP contribution in [0.25, 0.3) is 0 Å². The third-order valence-electron chi connectivity index (χ3n) is 5.32. The molecule has 5 nitrogen and oxygen atoms in total. The van der Waals surface area contributed by atoms with E-state index in [0.29, 0.717) is 12.1 Å². The van der Waals surface area contributed by atoms with Crippen molar-refractivity contribution in [2.45, 2.75) is 62.3 Å². The monoisotopic (exact) mass is 267 g/mol. The lowest BCUT2D eigenvalue weighted by atomic mass is 9.82. The number of carbonyl (C=O) groups is 1. The van der Waals surface area contributed by atoms with E-state index in [9.17, 15) is 4.79 Å². The molecule has 3 fully saturated rings. The molecule has 0 radical (unpaired) electrons. The molecule has 0 aliphatic carbocycles. The van der Waals surface area contributed by atoms with Gasteiger partial charge in [0.15, 0.2) is 0 Å². The maximum Gasteiger partial charge on any atom is 0.237 e. The first-order valence-corrected chi connectivity index (χ1v) is 7.49. The summed E-state index contributed by atoms with van der Waals surface area (Å²) in [5.41, 5.74) is 5.21. The van der Waals surface area contributed by atoms with Crippen LogP contribution < -0.4 is 11.1 Å². The number of nitrogens with two attached hydrogens (primary N) is 1. The standard InChI is InChI=1S/C14H25N3O2/c1-17-10-4-5-11(17)8-14(7-10,13(15)18)16-9-12-3-2-6-19-12/h10-12,16H,2-9H2,1H3,(H2,15,18). The SMILES string of the molecule is CN1C2CCC1CC(NCC1CCCO1)(C(N)=O)C2. The Kier molecular flexibility index (Phi) is 3.53. The number of nitrogens with zero attached hydrogens (tertiary/aromatic N) is 1. The van der Waals surface area contributed by atoms with Crippen molar-refractivity contribution in [2.75, 3.05) is 20.2 Å². The predicted octanol–water partition coefficient (Wildman–Crippen LogP) is 0.236. The molecule has 3 rings (SSSR count). The lowest BCUT2D eigenvalue weighted by Crippen LogP contribution is -2.64. The normalized spacial score (nSPS) is 42.7. The van der Waals surface area contributed by atoms with Gasteiger partial charge in [-0.25, -0.2) is 0 Å². The molecule has 5 heteroatoms. The quantitative estimate of drug-likeness (QED) is 0.765. The molecule has 0 aromatic rings. The van der Waals surface area contributed by atoms with E-state index in [1.165, 1.54) is 12.8 Å².